The molecule has 0 radical (unpaired) electrons. The first-order chi connectivity index (χ1) is 12.4. The van der Waals surface area contributed by atoms with Crippen molar-refractivity contribution in [1.82, 2.24) is 16.0 Å². The summed E-state index contributed by atoms with van der Waals surface area (Å²) in [5, 5.41) is 8.48. The minimum absolute atomic E-state index is 0.149. The molecule has 1 aliphatic heterocycles. The molecule has 0 saturated carbocycles. The molecule has 1 heterocycles. The maximum absolute atomic E-state index is 12.8. The Morgan fingerprint density at radius 1 is 1.23 bits per heavy atom. The number of hydrogen-bond donors (Lipinski definition) is 3. The third-order valence-electron chi connectivity index (χ3n) is 4.57. The average molecular weight is 359 g/mol. The Morgan fingerprint density at radius 2 is 1.96 bits per heavy atom. The number of rotatable bonds is 6. The van der Waals surface area contributed by atoms with E-state index in [0.717, 1.165) is 18.4 Å². The van der Waals surface area contributed by atoms with Crippen molar-refractivity contribution in [2.75, 3.05) is 6.54 Å². The Bertz CT molecular complexity index is 657. The summed E-state index contributed by atoms with van der Waals surface area (Å²) in [5.41, 5.74) is 1.41. The van der Waals surface area contributed by atoms with Gasteiger partial charge in [0.1, 0.15) is 12.1 Å². The highest BCUT2D eigenvalue weighted by molar-refractivity contribution is 5.99. The minimum Gasteiger partial charge on any atom is -0.354 e. The van der Waals surface area contributed by atoms with E-state index in [4.69, 9.17) is 0 Å². The third kappa shape index (κ3) is 5.58. The molecule has 2 rings (SSSR count). The quantitative estimate of drug-likeness (QED) is 0.725. The summed E-state index contributed by atoms with van der Waals surface area (Å²) in [6.07, 6.45) is 2.93. The summed E-state index contributed by atoms with van der Waals surface area (Å²) < 4.78 is 0. The number of carbonyl (C=O) groups is 3. The van der Waals surface area contributed by atoms with Crippen LogP contribution in [0.3, 0.4) is 0 Å². The van der Waals surface area contributed by atoms with Gasteiger partial charge in [-0.05, 0) is 50.2 Å². The molecule has 0 aromatic heterocycles. The summed E-state index contributed by atoms with van der Waals surface area (Å²) in [6, 6.07) is 6.08. The van der Waals surface area contributed by atoms with Crippen molar-refractivity contribution in [1.29, 1.82) is 0 Å². The van der Waals surface area contributed by atoms with Gasteiger partial charge in [0, 0.05) is 12.1 Å². The second-order valence-electron chi connectivity index (χ2n) is 7.32. The van der Waals surface area contributed by atoms with E-state index in [1.165, 1.54) is 0 Å². The standard InChI is InChI=1S/C20H29N3O3/c1-13(2)12-17(23-18(24)15-9-5-4-8-14(15)3)20(26)22-16-10-6-7-11-21-19(16)25/h4-5,8-9,13,16-17H,6-7,10-12H2,1-3H3,(H,21,25)(H,22,26)(H,23,24). The molecule has 0 aliphatic carbocycles. The van der Waals surface area contributed by atoms with Crippen molar-refractivity contribution in [3.05, 3.63) is 35.4 Å². The van der Waals surface area contributed by atoms with Crippen molar-refractivity contribution in [2.45, 2.75) is 58.5 Å². The summed E-state index contributed by atoms with van der Waals surface area (Å²) in [4.78, 5) is 37.4. The van der Waals surface area contributed by atoms with E-state index in [2.05, 4.69) is 16.0 Å². The SMILES string of the molecule is Cc1ccccc1C(=O)NC(CC(C)C)C(=O)NC1CCCCNC1=O. The molecular weight excluding hydrogens is 330 g/mol. The Kier molecular flexibility index (Phi) is 7.18. The second-order valence-corrected chi connectivity index (χ2v) is 7.32. The van der Waals surface area contributed by atoms with Gasteiger partial charge in [-0.3, -0.25) is 14.4 Å². The zero-order chi connectivity index (χ0) is 19.1. The maximum atomic E-state index is 12.8. The molecule has 3 amide bonds. The molecule has 2 unspecified atom stereocenters. The molecule has 0 spiro atoms. The van der Waals surface area contributed by atoms with Gasteiger partial charge in [-0.2, -0.15) is 0 Å². The van der Waals surface area contributed by atoms with E-state index in [9.17, 15) is 14.4 Å². The van der Waals surface area contributed by atoms with Crippen LogP contribution in [0.25, 0.3) is 0 Å². The molecular formula is C20H29N3O3. The van der Waals surface area contributed by atoms with Gasteiger partial charge in [0.25, 0.3) is 5.91 Å². The van der Waals surface area contributed by atoms with Crippen LogP contribution in [0.5, 0.6) is 0 Å². The van der Waals surface area contributed by atoms with Crippen LogP contribution in [0.1, 0.15) is 55.5 Å². The zero-order valence-electron chi connectivity index (χ0n) is 15.8. The normalized spacial score (nSPS) is 18.6. The third-order valence-corrected chi connectivity index (χ3v) is 4.57. The molecule has 3 N–H and O–H groups in total. The number of nitrogens with one attached hydrogen (secondary N) is 3. The van der Waals surface area contributed by atoms with Crippen LogP contribution in [0, 0.1) is 12.8 Å². The van der Waals surface area contributed by atoms with Gasteiger partial charge in [0.05, 0.1) is 0 Å². The summed E-state index contributed by atoms with van der Waals surface area (Å²) >= 11 is 0. The van der Waals surface area contributed by atoms with E-state index >= 15 is 0 Å². The molecule has 1 fully saturated rings. The molecule has 6 nitrogen and oxygen atoms in total. The predicted molar refractivity (Wildman–Crippen MR) is 101 cm³/mol. The largest absolute Gasteiger partial charge is 0.354 e. The monoisotopic (exact) mass is 359 g/mol. The fraction of sp³-hybridized carbons (Fsp3) is 0.550. The zero-order valence-corrected chi connectivity index (χ0v) is 15.8. The van der Waals surface area contributed by atoms with Gasteiger partial charge < -0.3 is 16.0 Å². The lowest BCUT2D eigenvalue weighted by Gasteiger charge is -2.23. The van der Waals surface area contributed by atoms with Crippen molar-refractivity contribution in [3.63, 3.8) is 0 Å². The smallest absolute Gasteiger partial charge is 0.252 e. The van der Waals surface area contributed by atoms with Gasteiger partial charge in [-0.15, -0.1) is 0 Å². The first kappa shape index (κ1) is 19.9. The lowest BCUT2D eigenvalue weighted by Crippen LogP contribution is -2.53. The van der Waals surface area contributed by atoms with Crippen LogP contribution in [-0.2, 0) is 9.59 Å². The number of amides is 3. The van der Waals surface area contributed by atoms with Crippen LogP contribution < -0.4 is 16.0 Å². The topological polar surface area (TPSA) is 87.3 Å². The van der Waals surface area contributed by atoms with Gasteiger partial charge >= 0.3 is 0 Å². The highest BCUT2D eigenvalue weighted by Crippen LogP contribution is 2.11. The molecule has 1 aromatic carbocycles. The van der Waals surface area contributed by atoms with E-state index in [-0.39, 0.29) is 23.6 Å². The summed E-state index contributed by atoms with van der Waals surface area (Å²) in [6.45, 7) is 6.50. The first-order valence-electron chi connectivity index (χ1n) is 9.33. The Labute approximate surface area is 155 Å². The van der Waals surface area contributed by atoms with Crippen molar-refractivity contribution < 1.29 is 14.4 Å². The lowest BCUT2D eigenvalue weighted by atomic mass is 10.0. The fourth-order valence-electron chi connectivity index (χ4n) is 3.12. The van der Waals surface area contributed by atoms with Crippen LogP contribution in [0.2, 0.25) is 0 Å². The van der Waals surface area contributed by atoms with E-state index in [0.29, 0.717) is 24.9 Å². The number of benzene rings is 1. The Balaban J connectivity index is 2.08. The van der Waals surface area contributed by atoms with E-state index in [1.807, 2.05) is 32.9 Å². The molecule has 142 valence electrons. The van der Waals surface area contributed by atoms with Crippen LogP contribution in [0.4, 0.5) is 0 Å². The van der Waals surface area contributed by atoms with Gasteiger partial charge in [0.2, 0.25) is 11.8 Å². The average Bonchev–Trinajstić information content (AvgIpc) is 2.78. The highest BCUT2D eigenvalue weighted by atomic mass is 16.2. The first-order valence-corrected chi connectivity index (χ1v) is 9.33. The molecule has 2 atom stereocenters. The fourth-order valence-corrected chi connectivity index (χ4v) is 3.12. The number of carbonyl (C=O) groups excluding carboxylic acids is 3. The lowest BCUT2D eigenvalue weighted by molar-refractivity contribution is -0.130. The number of hydrogen-bond acceptors (Lipinski definition) is 3. The van der Waals surface area contributed by atoms with Gasteiger partial charge in [-0.25, -0.2) is 0 Å². The summed E-state index contributed by atoms with van der Waals surface area (Å²) in [7, 11) is 0. The molecule has 1 saturated heterocycles. The van der Waals surface area contributed by atoms with E-state index in [1.54, 1.807) is 12.1 Å². The highest BCUT2D eigenvalue weighted by Gasteiger charge is 2.28. The number of aryl methyl sites for hydroxylation is 1. The minimum atomic E-state index is -0.668. The molecule has 6 heteroatoms. The van der Waals surface area contributed by atoms with Crippen molar-refractivity contribution in [3.8, 4) is 0 Å². The van der Waals surface area contributed by atoms with Crippen LogP contribution >= 0.6 is 0 Å². The van der Waals surface area contributed by atoms with Crippen molar-refractivity contribution in [2.24, 2.45) is 5.92 Å². The van der Waals surface area contributed by atoms with Crippen LogP contribution in [-0.4, -0.2) is 36.3 Å². The van der Waals surface area contributed by atoms with Gasteiger partial charge in [-0.1, -0.05) is 32.0 Å². The molecule has 26 heavy (non-hydrogen) atoms. The Morgan fingerprint density at radius 3 is 2.65 bits per heavy atom. The maximum Gasteiger partial charge on any atom is 0.252 e. The Hall–Kier alpha value is -2.37. The van der Waals surface area contributed by atoms with Crippen LogP contribution in [0.15, 0.2) is 24.3 Å². The van der Waals surface area contributed by atoms with E-state index < -0.39 is 12.1 Å². The van der Waals surface area contributed by atoms with Crippen molar-refractivity contribution >= 4 is 17.7 Å². The molecule has 1 aliphatic rings. The molecule has 1 aromatic rings. The second kappa shape index (κ2) is 9.36. The van der Waals surface area contributed by atoms with Gasteiger partial charge in [0.15, 0.2) is 0 Å². The summed E-state index contributed by atoms with van der Waals surface area (Å²) in [5.74, 6) is -0.493. The molecule has 0 bridgehead atoms. The predicted octanol–water partition coefficient (Wildman–Crippen LogP) is 1.92.